The van der Waals surface area contributed by atoms with Crippen LogP contribution in [0.25, 0.3) is 11.5 Å². The Kier molecular flexibility index (Phi) is 4.19. The first-order valence-corrected chi connectivity index (χ1v) is 6.93. The number of thioether (sulfide) groups is 1. The van der Waals surface area contributed by atoms with Gasteiger partial charge in [-0.05, 0) is 23.8 Å². The summed E-state index contributed by atoms with van der Waals surface area (Å²) in [5, 5.41) is 3.95. The molecular weight excluding hydrogens is 248 g/mol. The number of rotatable bonds is 5. The second-order valence-electron chi connectivity index (χ2n) is 4.39. The molecule has 5 nitrogen and oxygen atoms in total. The quantitative estimate of drug-likeness (QED) is 0.894. The molecule has 0 saturated carbocycles. The molecule has 2 heterocycles. The average Bonchev–Trinajstić information content (AvgIpc) is 2.77. The molecule has 0 aliphatic carbocycles. The summed E-state index contributed by atoms with van der Waals surface area (Å²) in [6.45, 7) is 4.38. The van der Waals surface area contributed by atoms with Crippen molar-refractivity contribution >= 4 is 17.6 Å². The minimum Gasteiger partial charge on any atom is -0.384 e. The third kappa shape index (κ3) is 3.46. The van der Waals surface area contributed by atoms with Crippen LogP contribution >= 0.6 is 11.8 Å². The molecule has 0 radical (unpaired) electrons. The Morgan fingerprint density at radius 3 is 3.00 bits per heavy atom. The van der Waals surface area contributed by atoms with Crippen LogP contribution in [-0.4, -0.2) is 20.9 Å². The number of pyridine rings is 1. The number of hydrogen-bond donors (Lipinski definition) is 1. The van der Waals surface area contributed by atoms with E-state index < -0.39 is 0 Å². The second kappa shape index (κ2) is 5.86. The Hall–Kier alpha value is -1.56. The van der Waals surface area contributed by atoms with Gasteiger partial charge >= 0.3 is 0 Å². The molecule has 96 valence electrons. The standard InChI is InChI=1S/C12H16N4OS/c1-8(2)6-18-7-11-15-12(17-16-11)9-3-4-14-10(13)5-9/h3-5,8H,6-7H2,1-2H3,(H2,13,14). The lowest BCUT2D eigenvalue weighted by Crippen LogP contribution is -1.93. The van der Waals surface area contributed by atoms with Crippen LogP contribution in [0.4, 0.5) is 5.82 Å². The van der Waals surface area contributed by atoms with Crippen molar-refractivity contribution in [3.63, 3.8) is 0 Å². The van der Waals surface area contributed by atoms with Gasteiger partial charge in [-0.25, -0.2) is 4.98 Å². The molecule has 2 rings (SSSR count). The highest BCUT2D eigenvalue weighted by atomic mass is 32.2. The van der Waals surface area contributed by atoms with Gasteiger partial charge in [-0.1, -0.05) is 19.0 Å². The van der Waals surface area contributed by atoms with E-state index in [0.717, 1.165) is 17.1 Å². The van der Waals surface area contributed by atoms with E-state index in [2.05, 4.69) is 29.0 Å². The number of anilines is 1. The maximum atomic E-state index is 5.61. The second-order valence-corrected chi connectivity index (χ2v) is 5.42. The summed E-state index contributed by atoms with van der Waals surface area (Å²) in [4.78, 5) is 8.26. The minimum atomic E-state index is 0.446. The van der Waals surface area contributed by atoms with E-state index in [4.69, 9.17) is 10.3 Å². The number of aromatic nitrogens is 3. The van der Waals surface area contributed by atoms with Gasteiger partial charge in [-0.2, -0.15) is 16.7 Å². The van der Waals surface area contributed by atoms with Crippen molar-refractivity contribution in [2.45, 2.75) is 19.6 Å². The zero-order chi connectivity index (χ0) is 13.0. The molecule has 0 amide bonds. The molecule has 2 aromatic rings. The molecule has 0 atom stereocenters. The van der Waals surface area contributed by atoms with E-state index in [1.54, 1.807) is 30.1 Å². The number of nitrogens with two attached hydrogens (primary N) is 1. The van der Waals surface area contributed by atoms with Crippen molar-refractivity contribution in [1.29, 1.82) is 0 Å². The van der Waals surface area contributed by atoms with Crippen LogP contribution in [0.2, 0.25) is 0 Å². The molecular formula is C12H16N4OS. The first-order chi connectivity index (χ1) is 8.65. The van der Waals surface area contributed by atoms with Crippen LogP contribution in [0.1, 0.15) is 19.7 Å². The SMILES string of the molecule is CC(C)CSCc1noc(-c2ccnc(N)c2)n1. The summed E-state index contributed by atoms with van der Waals surface area (Å²) in [6, 6.07) is 3.52. The molecule has 0 aromatic carbocycles. The van der Waals surface area contributed by atoms with Gasteiger partial charge in [0.05, 0.1) is 5.75 Å². The highest BCUT2D eigenvalue weighted by Crippen LogP contribution is 2.20. The lowest BCUT2D eigenvalue weighted by atomic mass is 10.2. The van der Waals surface area contributed by atoms with Crippen LogP contribution < -0.4 is 5.73 Å². The fourth-order valence-corrected chi connectivity index (χ4v) is 2.29. The van der Waals surface area contributed by atoms with Gasteiger partial charge in [-0.3, -0.25) is 0 Å². The monoisotopic (exact) mass is 264 g/mol. The summed E-state index contributed by atoms with van der Waals surface area (Å²) >= 11 is 1.80. The van der Waals surface area contributed by atoms with E-state index in [1.807, 2.05) is 0 Å². The molecule has 18 heavy (non-hydrogen) atoms. The van der Waals surface area contributed by atoms with Crippen LogP contribution in [-0.2, 0) is 5.75 Å². The first-order valence-electron chi connectivity index (χ1n) is 5.77. The fraction of sp³-hybridized carbons (Fsp3) is 0.417. The van der Waals surface area contributed by atoms with Crippen LogP contribution in [0, 0.1) is 5.92 Å². The normalized spacial score (nSPS) is 11.1. The van der Waals surface area contributed by atoms with Gasteiger partial charge in [-0.15, -0.1) is 0 Å². The van der Waals surface area contributed by atoms with Crippen molar-refractivity contribution in [3.8, 4) is 11.5 Å². The molecule has 2 N–H and O–H groups in total. The van der Waals surface area contributed by atoms with Gasteiger partial charge in [0.1, 0.15) is 5.82 Å². The molecule has 0 aliphatic heterocycles. The van der Waals surface area contributed by atoms with Crippen molar-refractivity contribution in [2.24, 2.45) is 5.92 Å². The molecule has 0 aliphatic rings. The third-order valence-corrected chi connectivity index (χ3v) is 3.54. The molecule has 0 bridgehead atoms. The minimum absolute atomic E-state index is 0.446. The Bertz CT molecular complexity index is 512. The Morgan fingerprint density at radius 1 is 1.44 bits per heavy atom. The van der Waals surface area contributed by atoms with E-state index in [9.17, 15) is 0 Å². The maximum Gasteiger partial charge on any atom is 0.258 e. The van der Waals surface area contributed by atoms with Gasteiger partial charge in [0, 0.05) is 11.8 Å². The van der Waals surface area contributed by atoms with Gasteiger partial charge in [0.15, 0.2) is 5.82 Å². The van der Waals surface area contributed by atoms with Gasteiger partial charge < -0.3 is 10.3 Å². The van der Waals surface area contributed by atoms with E-state index >= 15 is 0 Å². The smallest absolute Gasteiger partial charge is 0.258 e. The number of nitrogen functional groups attached to an aromatic ring is 1. The average molecular weight is 264 g/mol. The molecule has 0 saturated heterocycles. The van der Waals surface area contributed by atoms with E-state index in [1.165, 1.54) is 0 Å². The summed E-state index contributed by atoms with van der Waals surface area (Å²) in [5.41, 5.74) is 6.41. The Labute approximate surface area is 110 Å². The molecule has 0 spiro atoms. The van der Waals surface area contributed by atoms with Crippen LogP contribution in [0.15, 0.2) is 22.9 Å². The summed E-state index contributed by atoms with van der Waals surface area (Å²) < 4.78 is 5.21. The molecule has 0 unspecified atom stereocenters. The largest absolute Gasteiger partial charge is 0.384 e. The predicted octanol–water partition coefficient (Wildman–Crippen LogP) is 2.60. The van der Waals surface area contributed by atoms with Crippen molar-refractivity contribution in [3.05, 3.63) is 24.2 Å². The van der Waals surface area contributed by atoms with E-state index in [0.29, 0.717) is 23.5 Å². The zero-order valence-electron chi connectivity index (χ0n) is 10.5. The molecule has 6 heteroatoms. The lowest BCUT2D eigenvalue weighted by Gasteiger charge is -2.00. The van der Waals surface area contributed by atoms with E-state index in [-0.39, 0.29) is 0 Å². The fourth-order valence-electron chi connectivity index (χ4n) is 1.40. The van der Waals surface area contributed by atoms with Crippen molar-refractivity contribution < 1.29 is 4.52 Å². The zero-order valence-corrected chi connectivity index (χ0v) is 11.3. The lowest BCUT2D eigenvalue weighted by molar-refractivity contribution is 0.425. The van der Waals surface area contributed by atoms with Crippen LogP contribution in [0.3, 0.4) is 0 Å². The molecule has 2 aromatic heterocycles. The Morgan fingerprint density at radius 2 is 2.28 bits per heavy atom. The van der Waals surface area contributed by atoms with Crippen molar-refractivity contribution in [1.82, 2.24) is 15.1 Å². The maximum absolute atomic E-state index is 5.61. The summed E-state index contributed by atoms with van der Waals surface area (Å²) in [7, 11) is 0. The van der Waals surface area contributed by atoms with Crippen LogP contribution in [0.5, 0.6) is 0 Å². The Balaban J connectivity index is 2.02. The summed E-state index contributed by atoms with van der Waals surface area (Å²) in [5.74, 6) is 4.17. The number of nitrogens with zero attached hydrogens (tertiary/aromatic N) is 3. The first kappa shape index (κ1) is 12.9. The third-order valence-electron chi connectivity index (χ3n) is 2.18. The highest BCUT2D eigenvalue weighted by molar-refractivity contribution is 7.98. The van der Waals surface area contributed by atoms with Gasteiger partial charge in [0.25, 0.3) is 5.89 Å². The predicted molar refractivity (Wildman–Crippen MR) is 72.9 cm³/mol. The number of hydrogen-bond acceptors (Lipinski definition) is 6. The summed E-state index contributed by atoms with van der Waals surface area (Å²) in [6.07, 6.45) is 1.63. The van der Waals surface area contributed by atoms with Gasteiger partial charge in [0.2, 0.25) is 0 Å². The van der Waals surface area contributed by atoms with Crippen molar-refractivity contribution in [2.75, 3.05) is 11.5 Å². The molecule has 0 fully saturated rings. The topological polar surface area (TPSA) is 77.8 Å². The highest BCUT2D eigenvalue weighted by Gasteiger charge is 2.09.